The molecule has 3 heteroatoms. The number of halogens is 1. The largest absolute Gasteiger partial charge is 0.310 e. The number of fused-ring (bicyclic) bond motifs is 1. The minimum absolute atomic E-state index is 0.597. The molecular formula is C15H22BrNS. The SMILES string of the molecule is CCCNC(c1cc(Br)sc1C)C1CC2CC2C1. The van der Waals surface area contributed by atoms with Gasteiger partial charge < -0.3 is 5.32 Å². The molecule has 0 spiro atoms. The molecule has 3 atom stereocenters. The second-order valence-corrected chi connectivity index (χ2v) is 8.62. The third-order valence-corrected chi connectivity index (χ3v) is 6.20. The smallest absolute Gasteiger partial charge is 0.0704 e. The van der Waals surface area contributed by atoms with Gasteiger partial charge in [-0.2, -0.15) is 0 Å². The lowest BCUT2D eigenvalue weighted by Gasteiger charge is -2.26. The van der Waals surface area contributed by atoms with Gasteiger partial charge in [-0.05, 0) is 84.5 Å². The van der Waals surface area contributed by atoms with Crippen LogP contribution in [-0.4, -0.2) is 6.54 Å². The molecule has 2 aliphatic rings. The minimum Gasteiger partial charge on any atom is -0.310 e. The highest BCUT2D eigenvalue weighted by atomic mass is 79.9. The summed E-state index contributed by atoms with van der Waals surface area (Å²) >= 11 is 5.52. The zero-order chi connectivity index (χ0) is 12.7. The average molecular weight is 328 g/mol. The molecule has 0 amide bonds. The van der Waals surface area contributed by atoms with E-state index in [-0.39, 0.29) is 0 Å². The van der Waals surface area contributed by atoms with E-state index in [0.29, 0.717) is 6.04 Å². The second kappa shape index (κ2) is 5.26. The van der Waals surface area contributed by atoms with Crippen molar-refractivity contribution >= 4 is 27.3 Å². The molecule has 18 heavy (non-hydrogen) atoms. The number of rotatable bonds is 5. The molecule has 1 N–H and O–H groups in total. The van der Waals surface area contributed by atoms with Gasteiger partial charge >= 0.3 is 0 Å². The van der Waals surface area contributed by atoms with Crippen molar-refractivity contribution in [2.24, 2.45) is 17.8 Å². The van der Waals surface area contributed by atoms with Crippen LogP contribution in [0.4, 0.5) is 0 Å². The maximum Gasteiger partial charge on any atom is 0.0704 e. The van der Waals surface area contributed by atoms with E-state index >= 15 is 0 Å². The Labute approximate surface area is 122 Å². The van der Waals surface area contributed by atoms with Crippen LogP contribution in [0.1, 0.15) is 49.1 Å². The zero-order valence-electron chi connectivity index (χ0n) is 11.2. The van der Waals surface area contributed by atoms with E-state index in [1.54, 1.807) is 5.56 Å². The van der Waals surface area contributed by atoms with Crippen LogP contribution in [0.25, 0.3) is 0 Å². The lowest BCUT2D eigenvalue weighted by atomic mass is 9.89. The van der Waals surface area contributed by atoms with Gasteiger partial charge in [-0.15, -0.1) is 11.3 Å². The summed E-state index contributed by atoms with van der Waals surface area (Å²) < 4.78 is 1.28. The van der Waals surface area contributed by atoms with Gasteiger partial charge in [-0.3, -0.25) is 0 Å². The number of hydrogen-bond donors (Lipinski definition) is 1. The lowest BCUT2D eigenvalue weighted by Crippen LogP contribution is -2.28. The van der Waals surface area contributed by atoms with Gasteiger partial charge in [0, 0.05) is 10.9 Å². The summed E-state index contributed by atoms with van der Waals surface area (Å²) in [6, 6.07) is 2.94. The van der Waals surface area contributed by atoms with Gasteiger partial charge in [0.25, 0.3) is 0 Å². The third kappa shape index (κ3) is 2.54. The number of nitrogens with one attached hydrogen (secondary N) is 1. The molecule has 2 aliphatic carbocycles. The van der Waals surface area contributed by atoms with Crippen LogP contribution in [0.5, 0.6) is 0 Å². The summed E-state index contributed by atoms with van der Waals surface area (Å²) in [6.07, 6.45) is 5.65. The highest BCUT2D eigenvalue weighted by Gasteiger charge is 2.48. The van der Waals surface area contributed by atoms with Crippen LogP contribution in [0.15, 0.2) is 9.85 Å². The maximum atomic E-state index is 3.81. The Morgan fingerprint density at radius 1 is 1.39 bits per heavy atom. The maximum absolute atomic E-state index is 3.81. The van der Waals surface area contributed by atoms with Crippen LogP contribution in [0.2, 0.25) is 0 Å². The topological polar surface area (TPSA) is 12.0 Å². The Hall–Kier alpha value is 0.140. The predicted molar refractivity (Wildman–Crippen MR) is 82.1 cm³/mol. The van der Waals surface area contributed by atoms with Crippen molar-refractivity contribution in [3.8, 4) is 0 Å². The van der Waals surface area contributed by atoms with E-state index in [1.165, 1.54) is 34.3 Å². The van der Waals surface area contributed by atoms with Crippen molar-refractivity contribution in [3.63, 3.8) is 0 Å². The summed E-state index contributed by atoms with van der Waals surface area (Å²) in [4.78, 5) is 1.48. The van der Waals surface area contributed by atoms with E-state index in [1.807, 2.05) is 11.3 Å². The molecular weight excluding hydrogens is 306 g/mol. The Morgan fingerprint density at radius 2 is 2.11 bits per heavy atom. The average Bonchev–Trinajstić information content (AvgIpc) is 2.79. The first kappa shape index (κ1) is 13.1. The first-order valence-electron chi connectivity index (χ1n) is 7.18. The van der Waals surface area contributed by atoms with E-state index in [9.17, 15) is 0 Å². The highest BCUT2D eigenvalue weighted by molar-refractivity contribution is 9.11. The standard InChI is InChI=1S/C15H22BrNS/c1-3-4-17-15(12-6-10-5-11(10)7-12)13-8-14(16)18-9(13)2/h8,10-12,15,17H,3-7H2,1-2H3. The molecule has 1 aromatic heterocycles. The van der Waals surface area contributed by atoms with E-state index < -0.39 is 0 Å². The predicted octanol–water partition coefficient (Wildman–Crippen LogP) is 4.91. The fourth-order valence-electron chi connectivity index (χ4n) is 3.63. The molecule has 0 aromatic carbocycles. The summed E-state index contributed by atoms with van der Waals surface area (Å²) in [6.45, 7) is 5.66. The van der Waals surface area contributed by atoms with Crippen LogP contribution >= 0.6 is 27.3 Å². The Bertz CT molecular complexity index is 418. The van der Waals surface area contributed by atoms with Crippen molar-refractivity contribution in [1.29, 1.82) is 0 Å². The summed E-state index contributed by atoms with van der Waals surface area (Å²) in [5, 5.41) is 3.81. The summed E-state index contributed by atoms with van der Waals surface area (Å²) in [7, 11) is 0. The van der Waals surface area contributed by atoms with Crippen LogP contribution in [0, 0.1) is 24.7 Å². The molecule has 0 saturated heterocycles. The Kier molecular flexibility index (Phi) is 3.84. The van der Waals surface area contributed by atoms with Crippen LogP contribution in [0.3, 0.4) is 0 Å². The van der Waals surface area contributed by atoms with Gasteiger partial charge in [0.2, 0.25) is 0 Å². The molecule has 1 heterocycles. The minimum atomic E-state index is 0.597. The summed E-state index contributed by atoms with van der Waals surface area (Å²) in [5.41, 5.74) is 1.55. The van der Waals surface area contributed by atoms with E-state index in [0.717, 1.165) is 24.3 Å². The fraction of sp³-hybridized carbons (Fsp3) is 0.733. The van der Waals surface area contributed by atoms with Crippen LogP contribution < -0.4 is 5.32 Å². The Balaban J connectivity index is 1.78. The lowest BCUT2D eigenvalue weighted by molar-refractivity contribution is 0.341. The van der Waals surface area contributed by atoms with Gasteiger partial charge in [0.15, 0.2) is 0 Å². The van der Waals surface area contributed by atoms with Crippen molar-refractivity contribution in [2.45, 2.75) is 45.6 Å². The zero-order valence-corrected chi connectivity index (χ0v) is 13.6. The molecule has 3 unspecified atom stereocenters. The van der Waals surface area contributed by atoms with Crippen molar-refractivity contribution in [2.75, 3.05) is 6.54 Å². The molecule has 2 saturated carbocycles. The van der Waals surface area contributed by atoms with E-state index in [2.05, 4.69) is 41.2 Å². The van der Waals surface area contributed by atoms with Crippen molar-refractivity contribution < 1.29 is 0 Å². The fourth-order valence-corrected chi connectivity index (χ4v) is 5.39. The van der Waals surface area contributed by atoms with Crippen molar-refractivity contribution in [3.05, 3.63) is 20.3 Å². The number of thiophene rings is 1. The molecule has 1 nitrogen and oxygen atoms in total. The molecule has 0 radical (unpaired) electrons. The highest BCUT2D eigenvalue weighted by Crippen LogP contribution is 2.57. The number of aryl methyl sites for hydroxylation is 1. The van der Waals surface area contributed by atoms with Crippen molar-refractivity contribution in [1.82, 2.24) is 5.32 Å². The number of hydrogen-bond acceptors (Lipinski definition) is 2. The second-order valence-electron chi connectivity index (χ2n) is 5.98. The third-order valence-electron chi connectivity index (χ3n) is 4.63. The monoisotopic (exact) mass is 327 g/mol. The molecule has 2 fully saturated rings. The molecule has 0 aliphatic heterocycles. The van der Waals surface area contributed by atoms with Gasteiger partial charge in [-0.25, -0.2) is 0 Å². The van der Waals surface area contributed by atoms with Gasteiger partial charge in [0.1, 0.15) is 0 Å². The molecule has 3 rings (SSSR count). The van der Waals surface area contributed by atoms with Gasteiger partial charge in [0.05, 0.1) is 3.79 Å². The van der Waals surface area contributed by atoms with Gasteiger partial charge in [-0.1, -0.05) is 6.92 Å². The first-order chi connectivity index (χ1) is 8.69. The summed E-state index contributed by atoms with van der Waals surface area (Å²) in [5.74, 6) is 3.02. The molecule has 1 aromatic rings. The van der Waals surface area contributed by atoms with E-state index in [4.69, 9.17) is 0 Å². The first-order valence-corrected chi connectivity index (χ1v) is 8.79. The molecule has 0 bridgehead atoms. The quantitative estimate of drug-likeness (QED) is 0.810. The Morgan fingerprint density at radius 3 is 2.67 bits per heavy atom. The van der Waals surface area contributed by atoms with Crippen LogP contribution in [-0.2, 0) is 0 Å². The normalized spacial score (nSPS) is 31.4. The molecule has 100 valence electrons.